The van der Waals surface area contributed by atoms with E-state index in [1.807, 2.05) is 0 Å². The van der Waals surface area contributed by atoms with Crippen molar-refractivity contribution in [3.8, 4) is 5.75 Å². The second-order valence-electron chi connectivity index (χ2n) is 4.39. The topological polar surface area (TPSA) is 80.6 Å². The summed E-state index contributed by atoms with van der Waals surface area (Å²) in [6.45, 7) is 1.60. The molecule has 0 aliphatic heterocycles. The van der Waals surface area contributed by atoms with Crippen LogP contribution in [0.15, 0.2) is 47.1 Å². The van der Waals surface area contributed by atoms with E-state index in [0.29, 0.717) is 11.4 Å². The maximum absolute atomic E-state index is 12.0. The molecule has 0 aliphatic rings. The number of anilines is 1. The third kappa shape index (κ3) is 3.85. The number of hydrogen-bond donors (Lipinski definition) is 2. The lowest BCUT2D eigenvalue weighted by Crippen LogP contribution is -2.41. The van der Waals surface area contributed by atoms with Crippen molar-refractivity contribution in [1.82, 2.24) is 5.32 Å². The van der Waals surface area contributed by atoms with Crippen molar-refractivity contribution < 1.29 is 18.7 Å². The third-order valence-electron chi connectivity index (χ3n) is 2.84. The molecule has 21 heavy (non-hydrogen) atoms. The lowest BCUT2D eigenvalue weighted by atomic mass is 10.2. The molecule has 6 nitrogen and oxygen atoms in total. The van der Waals surface area contributed by atoms with Crippen LogP contribution < -0.4 is 15.4 Å². The Morgan fingerprint density at radius 1 is 1.19 bits per heavy atom. The van der Waals surface area contributed by atoms with Gasteiger partial charge in [0.2, 0.25) is 5.91 Å². The van der Waals surface area contributed by atoms with Crippen molar-refractivity contribution in [3.63, 3.8) is 0 Å². The first-order valence-electron chi connectivity index (χ1n) is 6.39. The van der Waals surface area contributed by atoms with Crippen molar-refractivity contribution in [2.75, 3.05) is 12.4 Å². The van der Waals surface area contributed by atoms with Crippen LogP contribution in [-0.4, -0.2) is 25.0 Å². The molecule has 0 unspecified atom stereocenters. The quantitative estimate of drug-likeness (QED) is 0.882. The van der Waals surface area contributed by atoms with E-state index in [1.165, 1.54) is 12.3 Å². The Morgan fingerprint density at radius 3 is 2.48 bits per heavy atom. The number of hydrogen-bond acceptors (Lipinski definition) is 4. The first-order chi connectivity index (χ1) is 10.1. The Balaban J connectivity index is 1.91. The van der Waals surface area contributed by atoms with Crippen LogP contribution in [0.5, 0.6) is 5.75 Å². The second kappa shape index (κ2) is 6.60. The highest BCUT2D eigenvalue weighted by molar-refractivity contribution is 5.99. The summed E-state index contributed by atoms with van der Waals surface area (Å²) >= 11 is 0. The van der Waals surface area contributed by atoms with E-state index in [2.05, 4.69) is 10.6 Å². The number of methoxy groups -OCH3 is 1. The smallest absolute Gasteiger partial charge is 0.287 e. The van der Waals surface area contributed by atoms with E-state index in [9.17, 15) is 9.59 Å². The van der Waals surface area contributed by atoms with E-state index in [1.54, 1.807) is 44.4 Å². The zero-order chi connectivity index (χ0) is 15.2. The fraction of sp³-hybridized carbons (Fsp3) is 0.200. The molecule has 0 aliphatic carbocycles. The minimum absolute atomic E-state index is 0.166. The zero-order valence-corrected chi connectivity index (χ0v) is 11.8. The highest BCUT2D eigenvalue weighted by atomic mass is 16.5. The first-order valence-corrected chi connectivity index (χ1v) is 6.39. The summed E-state index contributed by atoms with van der Waals surface area (Å²) in [5.41, 5.74) is 0.625. The largest absolute Gasteiger partial charge is 0.497 e. The molecule has 2 amide bonds. The van der Waals surface area contributed by atoms with Gasteiger partial charge in [-0.05, 0) is 43.3 Å². The highest BCUT2D eigenvalue weighted by Crippen LogP contribution is 2.15. The van der Waals surface area contributed by atoms with E-state index in [0.717, 1.165) is 0 Å². The van der Waals surface area contributed by atoms with Gasteiger partial charge in [0.25, 0.3) is 5.91 Å². The lowest BCUT2D eigenvalue weighted by Gasteiger charge is -2.13. The molecule has 0 saturated heterocycles. The first kappa shape index (κ1) is 14.6. The fourth-order valence-electron chi connectivity index (χ4n) is 1.67. The molecule has 110 valence electrons. The molecule has 1 atom stereocenters. The van der Waals surface area contributed by atoms with Crippen molar-refractivity contribution in [2.24, 2.45) is 0 Å². The van der Waals surface area contributed by atoms with Gasteiger partial charge in [0.1, 0.15) is 11.8 Å². The van der Waals surface area contributed by atoms with Gasteiger partial charge < -0.3 is 19.8 Å². The van der Waals surface area contributed by atoms with Gasteiger partial charge in [-0.25, -0.2) is 0 Å². The van der Waals surface area contributed by atoms with E-state index >= 15 is 0 Å². The van der Waals surface area contributed by atoms with E-state index in [4.69, 9.17) is 9.15 Å². The summed E-state index contributed by atoms with van der Waals surface area (Å²) in [6, 6.07) is 9.36. The standard InChI is InChI=1S/C15H16N2O4/c1-10(16-15(19)13-4-3-9-21-13)14(18)17-11-5-7-12(20-2)8-6-11/h3-10H,1-2H3,(H,16,19)(H,17,18)/t10-/m0/s1. The molecule has 1 aromatic carbocycles. The van der Waals surface area contributed by atoms with Crippen molar-refractivity contribution in [1.29, 1.82) is 0 Å². The summed E-state index contributed by atoms with van der Waals surface area (Å²) in [5.74, 6) is 0.115. The highest BCUT2D eigenvalue weighted by Gasteiger charge is 2.18. The minimum atomic E-state index is -0.690. The monoisotopic (exact) mass is 288 g/mol. The van der Waals surface area contributed by atoms with E-state index < -0.39 is 11.9 Å². The van der Waals surface area contributed by atoms with E-state index in [-0.39, 0.29) is 11.7 Å². The number of carbonyl (C=O) groups excluding carboxylic acids is 2. The van der Waals surface area contributed by atoms with Gasteiger partial charge in [0, 0.05) is 5.69 Å². The molecular weight excluding hydrogens is 272 g/mol. The maximum Gasteiger partial charge on any atom is 0.287 e. The molecule has 1 heterocycles. The van der Waals surface area contributed by atoms with Crippen LogP contribution in [0.2, 0.25) is 0 Å². The van der Waals surface area contributed by atoms with Crippen LogP contribution in [0.25, 0.3) is 0 Å². The average Bonchev–Trinajstić information content (AvgIpc) is 3.02. The molecule has 2 aromatic rings. The second-order valence-corrected chi connectivity index (χ2v) is 4.39. The molecule has 0 bridgehead atoms. The molecule has 0 spiro atoms. The molecule has 0 fully saturated rings. The predicted molar refractivity (Wildman–Crippen MR) is 77.3 cm³/mol. The van der Waals surface area contributed by atoms with Gasteiger partial charge in [0.05, 0.1) is 13.4 Å². The van der Waals surface area contributed by atoms with Crippen molar-refractivity contribution in [3.05, 3.63) is 48.4 Å². The van der Waals surface area contributed by atoms with Gasteiger partial charge in [0.15, 0.2) is 5.76 Å². The van der Waals surface area contributed by atoms with Crippen LogP contribution >= 0.6 is 0 Å². The maximum atomic E-state index is 12.0. The molecular formula is C15H16N2O4. The summed E-state index contributed by atoms with van der Waals surface area (Å²) < 4.78 is 10.00. The molecule has 2 rings (SSSR count). The molecule has 0 radical (unpaired) electrons. The predicted octanol–water partition coefficient (Wildman–Crippen LogP) is 2.05. The normalized spacial score (nSPS) is 11.5. The van der Waals surface area contributed by atoms with Crippen molar-refractivity contribution >= 4 is 17.5 Å². The van der Waals surface area contributed by atoms with Crippen LogP contribution in [0, 0.1) is 0 Å². The Hall–Kier alpha value is -2.76. The average molecular weight is 288 g/mol. The molecule has 1 aromatic heterocycles. The summed E-state index contributed by atoms with van der Waals surface area (Å²) in [4.78, 5) is 23.7. The molecule has 2 N–H and O–H groups in total. The molecule has 0 saturated carbocycles. The number of rotatable bonds is 5. The number of carbonyl (C=O) groups is 2. The number of benzene rings is 1. The van der Waals surface area contributed by atoms with Gasteiger partial charge >= 0.3 is 0 Å². The Kier molecular flexibility index (Phi) is 4.61. The van der Waals surface area contributed by atoms with Gasteiger partial charge in [-0.1, -0.05) is 0 Å². The van der Waals surface area contributed by atoms with Crippen LogP contribution in [-0.2, 0) is 4.79 Å². The lowest BCUT2D eigenvalue weighted by molar-refractivity contribution is -0.117. The minimum Gasteiger partial charge on any atom is -0.497 e. The summed E-state index contributed by atoms with van der Waals surface area (Å²) in [6.07, 6.45) is 1.40. The fourth-order valence-corrected chi connectivity index (χ4v) is 1.67. The Bertz CT molecular complexity index is 605. The number of amides is 2. The van der Waals surface area contributed by atoms with Crippen LogP contribution in [0.1, 0.15) is 17.5 Å². The third-order valence-corrected chi connectivity index (χ3v) is 2.84. The van der Waals surface area contributed by atoms with Gasteiger partial charge in [-0.2, -0.15) is 0 Å². The Morgan fingerprint density at radius 2 is 1.90 bits per heavy atom. The number of nitrogens with one attached hydrogen (secondary N) is 2. The van der Waals surface area contributed by atoms with Gasteiger partial charge in [-0.15, -0.1) is 0 Å². The zero-order valence-electron chi connectivity index (χ0n) is 11.8. The number of furan rings is 1. The summed E-state index contributed by atoms with van der Waals surface area (Å²) in [5, 5.41) is 5.26. The van der Waals surface area contributed by atoms with Crippen LogP contribution in [0.4, 0.5) is 5.69 Å². The van der Waals surface area contributed by atoms with Crippen LogP contribution in [0.3, 0.4) is 0 Å². The van der Waals surface area contributed by atoms with Crippen molar-refractivity contribution in [2.45, 2.75) is 13.0 Å². The molecule has 6 heteroatoms. The summed E-state index contributed by atoms with van der Waals surface area (Å²) in [7, 11) is 1.57. The number of ether oxygens (including phenoxy) is 1. The Labute approximate surface area is 122 Å². The van der Waals surface area contributed by atoms with Gasteiger partial charge in [-0.3, -0.25) is 9.59 Å². The SMILES string of the molecule is COc1ccc(NC(=O)[C@H](C)NC(=O)c2ccco2)cc1.